The number of piperidine rings is 1. The molecule has 0 bridgehead atoms. The Balaban J connectivity index is 0.927. The Hall–Kier alpha value is -5.20. The van der Waals surface area contributed by atoms with Crippen molar-refractivity contribution in [3.05, 3.63) is 123 Å². The van der Waals surface area contributed by atoms with E-state index in [4.69, 9.17) is 16.3 Å². The molecule has 270 valence electrons. The summed E-state index contributed by atoms with van der Waals surface area (Å²) in [7, 11) is 0. The van der Waals surface area contributed by atoms with Gasteiger partial charge in [0.1, 0.15) is 11.9 Å². The molecule has 52 heavy (non-hydrogen) atoms. The Bertz CT molecular complexity index is 2080. The van der Waals surface area contributed by atoms with Gasteiger partial charge in [-0.25, -0.2) is 4.79 Å². The molecule has 1 unspecified atom stereocenters. The normalized spacial score (nSPS) is 14.2. The lowest BCUT2D eigenvalue weighted by atomic mass is 10.0. The number of aryl methyl sites for hydroxylation is 1. The fourth-order valence-corrected chi connectivity index (χ4v) is 6.89. The number of aromatic hydroxyl groups is 1. The van der Waals surface area contributed by atoms with Crippen molar-refractivity contribution in [2.45, 2.75) is 44.9 Å². The number of rotatable bonds is 12. The Morgan fingerprint density at radius 2 is 1.73 bits per heavy atom. The third-order valence-corrected chi connectivity index (χ3v) is 9.55. The molecule has 1 saturated heterocycles. The second kappa shape index (κ2) is 16.9. The van der Waals surface area contributed by atoms with Gasteiger partial charge in [0.15, 0.2) is 0 Å². The number of nitrogens with zero attached hydrogens (tertiary/aromatic N) is 1. The standard InChI is InChI=1S/C40H42ClN5O6/c1-25-21-26(23-42-24-35(48)30-11-13-34(47)39-31(30)12-14-36(49)45-39)22-32(41)38(25)44-37(50)17-20-46-18-15-28(16-19-46)52-40(51)43-33-10-6-5-9-29(33)27-7-3-2-4-8-27/h2-14,21-22,28,35,42,47-48H,15-20,23-24H2,1H3,(H,43,51)(H,44,50)(H,45,49). The highest BCUT2D eigenvalue weighted by molar-refractivity contribution is 6.34. The summed E-state index contributed by atoms with van der Waals surface area (Å²) in [6.07, 6.45) is 0.0779. The van der Waals surface area contributed by atoms with Crippen molar-refractivity contribution in [1.29, 1.82) is 0 Å². The number of halogens is 1. The highest BCUT2D eigenvalue weighted by Gasteiger charge is 2.23. The Morgan fingerprint density at radius 1 is 0.981 bits per heavy atom. The molecule has 1 aliphatic rings. The molecule has 1 fully saturated rings. The van der Waals surface area contributed by atoms with E-state index in [-0.39, 0.29) is 35.4 Å². The van der Waals surface area contributed by atoms with Crippen LogP contribution in [-0.2, 0) is 16.1 Å². The number of ether oxygens (including phenoxy) is 1. The van der Waals surface area contributed by atoms with Gasteiger partial charge < -0.3 is 35.5 Å². The number of hydrogen-bond donors (Lipinski definition) is 6. The van der Waals surface area contributed by atoms with Gasteiger partial charge in [-0.1, -0.05) is 72.3 Å². The number of nitrogens with one attached hydrogen (secondary N) is 4. The number of phenolic OH excluding ortho intramolecular Hbond substituents is 1. The molecule has 2 heterocycles. The van der Waals surface area contributed by atoms with E-state index in [1.807, 2.05) is 67.6 Å². The number of phenols is 1. The smallest absolute Gasteiger partial charge is 0.411 e. The highest BCUT2D eigenvalue weighted by atomic mass is 35.5. The topological polar surface area (TPSA) is 156 Å². The van der Waals surface area contributed by atoms with Crippen LogP contribution in [0.1, 0.15) is 42.1 Å². The summed E-state index contributed by atoms with van der Waals surface area (Å²) in [5.41, 5.74) is 5.40. The number of anilines is 2. The number of carbonyl (C=O) groups is 2. The minimum atomic E-state index is -0.893. The van der Waals surface area contributed by atoms with Crippen LogP contribution in [0.2, 0.25) is 5.02 Å². The van der Waals surface area contributed by atoms with Crippen molar-refractivity contribution in [3.63, 3.8) is 0 Å². The summed E-state index contributed by atoms with van der Waals surface area (Å²) in [5, 5.41) is 31.0. The molecule has 11 nitrogen and oxygen atoms in total. The number of carbonyl (C=O) groups excluding carboxylic acids is 2. The van der Waals surface area contributed by atoms with Gasteiger partial charge in [-0.3, -0.25) is 14.9 Å². The van der Waals surface area contributed by atoms with Crippen molar-refractivity contribution >= 4 is 45.9 Å². The highest BCUT2D eigenvalue weighted by Crippen LogP contribution is 2.31. The summed E-state index contributed by atoms with van der Waals surface area (Å²) in [5.74, 6) is -0.208. The minimum absolute atomic E-state index is 0.0655. The maximum absolute atomic E-state index is 12.9. The number of likely N-dealkylation sites (tertiary alicyclic amines) is 1. The molecule has 6 rings (SSSR count). The van der Waals surface area contributed by atoms with Gasteiger partial charge in [0.2, 0.25) is 11.5 Å². The third-order valence-electron chi connectivity index (χ3n) is 9.26. The number of H-pyrrole nitrogens is 1. The van der Waals surface area contributed by atoms with Crippen molar-refractivity contribution in [2.75, 3.05) is 36.8 Å². The lowest BCUT2D eigenvalue weighted by Crippen LogP contribution is -2.39. The fourth-order valence-electron chi connectivity index (χ4n) is 6.55. The summed E-state index contributed by atoms with van der Waals surface area (Å²) < 4.78 is 5.75. The number of aromatic nitrogens is 1. The molecule has 0 spiro atoms. The second-order valence-corrected chi connectivity index (χ2v) is 13.4. The van der Waals surface area contributed by atoms with E-state index in [1.54, 1.807) is 18.2 Å². The first kappa shape index (κ1) is 36.6. The van der Waals surface area contributed by atoms with Crippen LogP contribution in [0.3, 0.4) is 0 Å². The van der Waals surface area contributed by atoms with Crippen molar-refractivity contribution in [3.8, 4) is 16.9 Å². The van der Waals surface area contributed by atoms with E-state index in [9.17, 15) is 24.6 Å². The van der Waals surface area contributed by atoms with E-state index >= 15 is 0 Å². The van der Waals surface area contributed by atoms with Gasteiger partial charge in [0, 0.05) is 56.2 Å². The number of benzene rings is 4. The molecule has 4 aromatic carbocycles. The summed E-state index contributed by atoms with van der Waals surface area (Å²) >= 11 is 6.60. The van der Waals surface area contributed by atoms with Gasteiger partial charge in [0.25, 0.3) is 0 Å². The molecule has 12 heteroatoms. The van der Waals surface area contributed by atoms with Crippen LogP contribution in [0, 0.1) is 6.92 Å². The van der Waals surface area contributed by atoms with Crippen LogP contribution in [0.25, 0.3) is 22.0 Å². The second-order valence-electron chi connectivity index (χ2n) is 13.0. The number of aliphatic hydroxyl groups is 1. The molecular formula is C40H42ClN5O6. The number of aliphatic hydroxyl groups excluding tert-OH is 1. The van der Waals surface area contributed by atoms with E-state index < -0.39 is 12.2 Å². The molecule has 0 radical (unpaired) electrons. The van der Waals surface area contributed by atoms with Crippen molar-refractivity contribution in [1.82, 2.24) is 15.2 Å². The van der Waals surface area contributed by atoms with Gasteiger partial charge in [-0.2, -0.15) is 0 Å². The molecule has 6 N–H and O–H groups in total. The quantitative estimate of drug-likeness (QED) is 0.0828. The Labute approximate surface area is 306 Å². The minimum Gasteiger partial charge on any atom is -0.506 e. The van der Waals surface area contributed by atoms with Gasteiger partial charge in [-0.15, -0.1) is 0 Å². The number of amides is 2. The summed E-state index contributed by atoms with van der Waals surface area (Å²) in [6.45, 7) is 4.51. The fraction of sp³-hybridized carbons (Fsp3) is 0.275. The van der Waals surface area contributed by atoms with Gasteiger partial charge >= 0.3 is 6.09 Å². The monoisotopic (exact) mass is 723 g/mol. The molecule has 1 aromatic heterocycles. The first-order valence-electron chi connectivity index (χ1n) is 17.3. The number of aromatic amines is 1. The molecule has 0 saturated carbocycles. The lowest BCUT2D eigenvalue weighted by molar-refractivity contribution is -0.116. The van der Waals surface area contributed by atoms with Crippen LogP contribution in [0.5, 0.6) is 5.75 Å². The summed E-state index contributed by atoms with van der Waals surface area (Å²) in [6, 6.07) is 27.2. The maximum atomic E-state index is 12.9. The number of para-hydroxylation sites is 1. The molecule has 1 atom stereocenters. The first-order chi connectivity index (χ1) is 25.1. The van der Waals surface area contributed by atoms with Crippen LogP contribution >= 0.6 is 11.6 Å². The van der Waals surface area contributed by atoms with Crippen LogP contribution in [-0.4, -0.2) is 64.4 Å². The molecule has 2 amide bonds. The van der Waals surface area contributed by atoms with E-state index in [0.717, 1.165) is 22.3 Å². The lowest BCUT2D eigenvalue weighted by Gasteiger charge is -2.31. The van der Waals surface area contributed by atoms with E-state index in [2.05, 4.69) is 25.8 Å². The average Bonchev–Trinajstić information content (AvgIpc) is 3.13. The zero-order valence-electron chi connectivity index (χ0n) is 28.8. The Kier molecular flexibility index (Phi) is 11.9. The van der Waals surface area contributed by atoms with Gasteiger partial charge in [0.05, 0.1) is 28.0 Å². The van der Waals surface area contributed by atoms with E-state index in [1.165, 1.54) is 12.1 Å². The molecule has 5 aromatic rings. The predicted octanol–water partition coefficient (Wildman–Crippen LogP) is 6.73. The van der Waals surface area contributed by atoms with Crippen LogP contribution in [0.15, 0.2) is 95.8 Å². The van der Waals surface area contributed by atoms with Crippen LogP contribution in [0.4, 0.5) is 16.2 Å². The number of pyridine rings is 1. The molecule has 0 aliphatic carbocycles. The zero-order valence-corrected chi connectivity index (χ0v) is 29.6. The first-order valence-corrected chi connectivity index (χ1v) is 17.7. The van der Waals surface area contributed by atoms with Crippen molar-refractivity contribution in [2.24, 2.45) is 0 Å². The third kappa shape index (κ3) is 9.17. The maximum Gasteiger partial charge on any atom is 0.411 e. The van der Waals surface area contributed by atoms with E-state index in [0.29, 0.717) is 72.8 Å². The SMILES string of the molecule is Cc1cc(CNCC(O)c2ccc(O)c3[nH]c(=O)ccc23)cc(Cl)c1NC(=O)CCN1CCC(OC(=O)Nc2ccccc2-c2ccccc2)CC1. The predicted molar refractivity (Wildman–Crippen MR) is 204 cm³/mol. The largest absolute Gasteiger partial charge is 0.506 e. The summed E-state index contributed by atoms with van der Waals surface area (Å²) in [4.78, 5) is 42.2. The van der Waals surface area contributed by atoms with Crippen LogP contribution < -0.4 is 21.5 Å². The Morgan fingerprint density at radius 3 is 2.50 bits per heavy atom. The number of hydrogen-bond acceptors (Lipinski definition) is 8. The van der Waals surface area contributed by atoms with Crippen molar-refractivity contribution < 1.29 is 24.5 Å². The molecular weight excluding hydrogens is 682 g/mol. The average molecular weight is 724 g/mol. The zero-order chi connectivity index (χ0) is 36.6. The number of fused-ring (bicyclic) bond motifs is 1. The molecule has 1 aliphatic heterocycles. The van der Waals surface area contributed by atoms with Gasteiger partial charge in [-0.05, 0) is 66.3 Å².